The fourth-order valence-electron chi connectivity index (χ4n) is 1.62. The molecule has 0 aliphatic heterocycles. The Balaban J connectivity index is 2.10. The van der Waals surface area contributed by atoms with Crippen LogP contribution in [-0.2, 0) is 0 Å². The second kappa shape index (κ2) is 5.96. The second-order valence-corrected chi connectivity index (χ2v) is 4.13. The number of carbonyl (C=O) groups excluding carboxylic acids is 1. The van der Waals surface area contributed by atoms with Crippen molar-refractivity contribution in [3.63, 3.8) is 0 Å². The number of methoxy groups -OCH3 is 1. The lowest BCUT2D eigenvalue weighted by molar-refractivity contribution is 0.101. The van der Waals surface area contributed by atoms with Gasteiger partial charge in [-0.25, -0.2) is 0 Å². The molecule has 2 aromatic rings. The molecule has 0 saturated heterocycles. The highest BCUT2D eigenvalue weighted by Crippen LogP contribution is 2.14. The Morgan fingerprint density at radius 3 is 2.21 bits per heavy atom. The van der Waals surface area contributed by atoms with Gasteiger partial charge in [-0.15, -0.1) is 0 Å². The van der Waals surface area contributed by atoms with Gasteiger partial charge in [0.1, 0.15) is 5.75 Å². The van der Waals surface area contributed by atoms with Crippen LogP contribution in [-0.4, -0.2) is 19.1 Å². The quantitative estimate of drug-likeness (QED) is 0.616. The maximum absolute atomic E-state index is 11.1. The van der Waals surface area contributed by atoms with Gasteiger partial charge in [0.25, 0.3) is 0 Å². The largest absolute Gasteiger partial charge is 0.497 e. The van der Waals surface area contributed by atoms with Crippen molar-refractivity contribution in [1.82, 2.24) is 0 Å². The first-order chi connectivity index (χ1) is 9.19. The molecule has 0 saturated carbocycles. The van der Waals surface area contributed by atoms with Crippen LogP contribution in [0.15, 0.2) is 53.5 Å². The van der Waals surface area contributed by atoms with Gasteiger partial charge in [-0.2, -0.15) is 0 Å². The van der Waals surface area contributed by atoms with E-state index in [0.29, 0.717) is 5.56 Å². The number of benzene rings is 2. The van der Waals surface area contributed by atoms with E-state index in [2.05, 4.69) is 4.99 Å². The average molecular weight is 253 g/mol. The Labute approximate surface area is 112 Å². The molecule has 0 aliphatic carbocycles. The minimum atomic E-state index is 0.0608. The molecule has 0 heterocycles. The topological polar surface area (TPSA) is 38.7 Å². The Morgan fingerprint density at radius 1 is 1.05 bits per heavy atom. The second-order valence-electron chi connectivity index (χ2n) is 4.13. The molecule has 0 atom stereocenters. The van der Waals surface area contributed by atoms with Crippen molar-refractivity contribution in [2.45, 2.75) is 6.92 Å². The standard InChI is InChI=1S/C16H15NO2/c1-12(18)14-5-7-15(8-6-14)17-11-13-3-9-16(19-2)10-4-13/h3-11H,1-2H3/b17-11+. The number of ether oxygens (including phenoxy) is 1. The minimum absolute atomic E-state index is 0.0608. The summed E-state index contributed by atoms with van der Waals surface area (Å²) in [5.74, 6) is 0.883. The number of aliphatic imine (C=N–C) groups is 1. The number of carbonyl (C=O) groups is 1. The summed E-state index contributed by atoms with van der Waals surface area (Å²) in [5.41, 5.74) is 2.51. The van der Waals surface area contributed by atoms with E-state index in [1.54, 1.807) is 32.4 Å². The van der Waals surface area contributed by atoms with Gasteiger partial charge in [0.15, 0.2) is 5.78 Å². The van der Waals surface area contributed by atoms with Crippen molar-refractivity contribution in [2.24, 2.45) is 4.99 Å². The van der Waals surface area contributed by atoms with E-state index in [9.17, 15) is 4.79 Å². The van der Waals surface area contributed by atoms with Crippen molar-refractivity contribution in [3.8, 4) is 5.75 Å². The molecule has 0 spiro atoms. The van der Waals surface area contributed by atoms with E-state index in [0.717, 1.165) is 17.0 Å². The summed E-state index contributed by atoms with van der Waals surface area (Å²) < 4.78 is 5.09. The maximum atomic E-state index is 11.1. The zero-order chi connectivity index (χ0) is 13.7. The molecule has 2 rings (SSSR count). The first-order valence-electron chi connectivity index (χ1n) is 5.98. The smallest absolute Gasteiger partial charge is 0.159 e. The third kappa shape index (κ3) is 3.52. The number of Topliss-reactive ketones (excluding diaryl/α,β-unsaturated/α-hetero) is 1. The van der Waals surface area contributed by atoms with Crippen molar-refractivity contribution in [2.75, 3.05) is 7.11 Å². The number of hydrogen-bond acceptors (Lipinski definition) is 3. The van der Waals surface area contributed by atoms with Gasteiger partial charge in [-0.1, -0.05) is 0 Å². The van der Waals surface area contributed by atoms with Crippen molar-refractivity contribution >= 4 is 17.7 Å². The van der Waals surface area contributed by atoms with E-state index in [1.807, 2.05) is 36.4 Å². The van der Waals surface area contributed by atoms with E-state index >= 15 is 0 Å². The Bertz CT molecular complexity index is 583. The highest BCUT2D eigenvalue weighted by molar-refractivity contribution is 5.94. The van der Waals surface area contributed by atoms with Crippen LogP contribution in [0.25, 0.3) is 0 Å². The SMILES string of the molecule is COc1ccc(/C=N/c2ccc(C(C)=O)cc2)cc1. The number of rotatable bonds is 4. The summed E-state index contributed by atoms with van der Waals surface area (Å²) in [6.07, 6.45) is 1.78. The molecule has 3 heteroatoms. The number of hydrogen-bond donors (Lipinski definition) is 0. The van der Waals surface area contributed by atoms with Crippen LogP contribution >= 0.6 is 0 Å². The summed E-state index contributed by atoms with van der Waals surface area (Å²) >= 11 is 0. The molecule has 96 valence electrons. The Hall–Kier alpha value is -2.42. The highest BCUT2D eigenvalue weighted by Gasteiger charge is 1.97. The van der Waals surface area contributed by atoms with Crippen molar-refractivity contribution < 1.29 is 9.53 Å². The first-order valence-corrected chi connectivity index (χ1v) is 5.98. The average Bonchev–Trinajstić information content (AvgIpc) is 2.46. The molecule has 0 amide bonds. The normalized spacial score (nSPS) is 10.6. The highest BCUT2D eigenvalue weighted by atomic mass is 16.5. The summed E-state index contributed by atoms with van der Waals surface area (Å²) in [5, 5.41) is 0. The van der Waals surface area contributed by atoms with E-state index in [4.69, 9.17) is 4.74 Å². The van der Waals surface area contributed by atoms with Gasteiger partial charge < -0.3 is 4.74 Å². The van der Waals surface area contributed by atoms with Crippen molar-refractivity contribution in [3.05, 3.63) is 59.7 Å². The van der Waals surface area contributed by atoms with Crippen LogP contribution in [0.1, 0.15) is 22.8 Å². The van der Waals surface area contributed by atoms with Crippen LogP contribution in [0.5, 0.6) is 5.75 Å². The van der Waals surface area contributed by atoms with Crippen LogP contribution in [0.3, 0.4) is 0 Å². The summed E-state index contributed by atoms with van der Waals surface area (Å²) in [7, 11) is 1.64. The summed E-state index contributed by atoms with van der Waals surface area (Å²) in [6, 6.07) is 14.9. The van der Waals surface area contributed by atoms with Crippen molar-refractivity contribution in [1.29, 1.82) is 0 Å². The molecular weight excluding hydrogens is 238 g/mol. The van der Waals surface area contributed by atoms with Gasteiger partial charge >= 0.3 is 0 Å². The van der Waals surface area contributed by atoms with E-state index in [-0.39, 0.29) is 5.78 Å². The van der Waals surface area contributed by atoms with Gasteiger partial charge in [0.05, 0.1) is 12.8 Å². The number of nitrogens with zero attached hydrogens (tertiary/aromatic N) is 1. The van der Waals surface area contributed by atoms with Gasteiger partial charge in [0.2, 0.25) is 0 Å². The minimum Gasteiger partial charge on any atom is -0.497 e. The molecule has 3 nitrogen and oxygen atoms in total. The fraction of sp³-hybridized carbons (Fsp3) is 0.125. The van der Waals surface area contributed by atoms with Crippen LogP contribution in [0, 0.1) is 0 Å². The van der Waals surface area contributed by atoms with Crippen LogP contribution in [0.4, 0.5) is 5.69 Å². The molecule has 0 aromatic heterocycles. The monoisotopic (exact) mass is 253 g/mol. The summed E-state index contributed by atoms with van der Waals surface area (Å²) in [4.78, 5) is 15.5. The molecule has 0 fully saturated rings. The zero-order valence-electron chi connectivity index (χ0n) is 11.0. The molecule has 0 aliphatic rings. The third-order valence-corrected chi connectivity index (χ3v) is 2.75. The van der Waals surface area contributed by atoms with Gasteiger partial charge in [0, 0.05) is 11.8 Å². The first kappa shape index (κ1) is 13.0. The van der Waals surface area contributed by atoms with E-state index < -0.39 is 0 Å². The lowest BCUT2D eigenvalue weighted by Gasteiger charge is -1.99. The van der Waals surface area contributed by atoms with Gasteiger partial charge in [-0.3, -0.25) is 9.79 Å². The maximum Gasteiger partial charge on any atom is 0.159 e. The molecule has 0 radical (unpaired) electrons. The number of ketones is 1. The molecule has 2 aromatic carbocycles. The van der Waals surface area contributed by atoms with E-state index in [1.165, 1.54) is 0 Å². The zero-order valence-corrected chi connectivity index (χ0v) is 11.0. The lowest BCUT2D eigenvalue weighted by Crippen LogP contribution is -1.89. The summed E-state index contributed by atoms with van der Waals surface area (Å²) in [6.45, 7) is 1.55. The molecule has 0 unspecified atom stereocenters. The molecule has 19 heavy (non-hydrogen) atoms. The Kier molecular flexibility index (Phi) is 4.08. The predicted molar refractivity (Wildman–Crippen MR) is 76.7 cm³/mol. The molecule has 0 bridgehead atoms. The predicted octanol–water partition coefficient (Wildman–Crippen LogP) is 3.65. The van der Waals surface area contributed by atoms with Crippen LogP contribution in [0.2, 0.25) is 0 Å². The molecular formula is C16H15NO2. The Morgan fingerprint density at radius 2 is 1.68 bits per heavy atom. The lowest BCUT2D eigenvalue weighted by atomic mass is 10.1. The van der Waals surface area contributed by atoms with Crippen LogP contribution < -0.4 is 4.74 Å². The molecule has 0 N–H and O–H groups in total. The third-order valence-electron chi connectivity index (χ3n) is 2.75. The van der Waals surface area contributed by atoms with Gasteiger partial charge in [-0.05, 0) is 61.0 Å². The fourth-order valence-corrected chi connectivity index (χ4v) is 1.62.